The van der Waals surface area contributed by atoms with Gasteiger partial charge in [0.2, 0.25) is 0 Å². The summed E-state index contributed by atoms with van der Waals surface area (Å²) < 4.78 is 0. The maximum Gasteiger partial charge on any atom is 0.125 e. The van der Waals surface area contributed by atoms with E-state index in [1.54, 1.807) is 24.8 Å². The molecule has 0 aliphatic carbocycles. The van der Waals surface area contributed by atoms with Crippen molar-refractivity contribution in [3.05, 3.63) is 144 Å². The van der Waals surface area contributed by atoms with Crippen LogP contribution in [-0.4, -0.2) is 29.9 Å². The third-order valence-electron chi connectivity index (χ3n) is 6.57. The van der Waals surface area contributed by atoms with E-state index in [4.69, 9.17) is 29.9 Å². The Balaban J connectivity index is 1.79. The van der Waals surface area contributed by atoms with E-state index in [1.165, 1.54) is 0 Å². The summed E-state index contributed by atoms with van der Waals surface area (Å²) in [5.41, 5.74) is 3.69. The van der Waals surface area contributed by atoms with Gasteiger partial charge in [-0.2, -0.15) is 0 Å². The van der Waals surface area contributed by atoms with Gasteiger partial charge in [0.25, 0.3) is 0 Å². The van der Waals surface area contributed by atoms with Crippen LogP contribution in [-0.2, 0) is 10.8 Å². The molecule has 0 saturated carbocycles. The predicted molar refractivity (Wildman–Crippen MR) is 135 cm³/mol. The summed E-state index contributed by atoms with van der Waals surface area (Å²) in [6, 6.07) is 25.7. The highest BCUT2D eigenvalue weighted by Crippen LogP contribution is 2.40. The zero-order valence-electron chi connectivity index (χ0n) is 20.0. The van der Waals surface area contributed by atoms with Gasteiger partial charge in [0.05, 0.1) is 45.0 Å². The molecule has 0 amide bonds. The fourth-order valence-corrected chi connectivity index (χ4v) is 4.50. The third kappa shape index (κ3) is 3.97. The van der Waals surface area contributed by atoms with Crippen LogP contribution < -0.4 is 0 Å². The fourth-order valence-electron chi connectivity index (χ4n) is 4.50. The molecule has 6 nitrogen and oxygen atoms in total. The van der Waals surface area contributed by atoms with E-state index < -0.39 is 10.8 Å². The van der Waals surface area contributed by atoms with Gasteiger partial charge in [-0.3, -0.25) is 19.9 Å². The highest BCUT2D eigenvalue weighted by Gasteiger charge is 2.40. The molecule has 172 valence electrons. The molecule has 0 fully saturated rings. The van der Waals surface area contributed by atoms with Crippen molar-refractivity contribution >= 4 is 0 Å². The number of hydrogen-bond donors (Lipinski definition) is 0. The first-order valence-corrected chi connectivity index (χ1v) is 11.6. The summed E-state index contributed by atoms with van der Waals surface area (Å²) in [5, 5.41) is 0. The molecule has 5 aromatic heterocycles. The Bertz CT molecular complexity index is 1220. The lowest BCUT2D eigenvalue weighted by molar-refractivity contribution is 0.582. The Hall–Kier alpha value is -4.32. The van der Waals surface area contributed by atoms with Gasteiger partial charge in [0.15, 0.2) is 0 Å². The topological polar surface area (TPSA) is 77.3 Å². The maximum absolute atomic E-state index is 4.93. The summed E-state index contributed by atoms with van der Waals surface area (Å²) in [6.45, 7) is 6.14. The van der Waals surface area contributed by atoms with Crippen LogP contribution in [0, 0.1) is 6.92 Å². The number of rotatable bonds is 6. The Morgan fingerprint density at radius 2 is 0.771 bits per heavy atom. The first-order chi connectivity index (χ1) is 17.0. The molecule has 0 radical (unpaired) electrons. The molecular formula is C29H26N6. The molecule has 0 N–H and O–H groups in total. The van der Waals surface area contributed by atoms with Crippen LogP contribution in [0.3, 0.4) is 0 Å². The van der Waals surface area contributed by atoms with Crippen LogP contribution in [0.25, 0.3) is 0 Å². The average Bonchev–Trinajstić information content (AvgIpc) is 2.93. The van der Waals surface area contributed by atoms with Crippen molar-refractivity contribution in [2.75, 3.05) is 0 Å². The first kappa shape index (κ1) is 22.5. The lowest BCUT2D eigenvalue weighted by Gasteiger charge is -2.32. The molecule has 0 saturated heterocycles. The van der Waals surface area contributed by atoms with Crippen LogP contribution in [0.1, 0.15) is 53.8 Å². The smallest absolute Gasteiger partial charge is 0.125 e. The van der Waals surface area contributed by atoms with Gasteiger partial charge in [-0.25, -0.2) is 9.97 Å². The summed E-state index contributed by atoms with van der Waals surface area (Å²) in [6.07, 6.45) is 7.21. The van der Waals surface area contributed by atoms with Gasteiger partial charge in [0.1, 0.15) is 5.82 Å². The van der Waals surface area contributed by atoms with Crippen molar-refractivity contribution in [3.8, 4) is 0 Å². The van der Waals surface area contributed by atoms with E-state index in [2.05, 4.69) is 19.9 Å². The minimum atomic E-state index is -0.694. The molecule has 6 heteroatoms. The fraction of sp³-hybridized carbons (Fsp3) is 0.172. The van der Waals surface area contributed by atoms with Crippen molar-refractivity contribution in [2.24, 2.45) is 0 Å². The third-order valence-corrected chi connectivity index (χ3v) is 6.57. The van der Waals surface area contributed by atoms with Gasteiger partial charge in [-0.05, 0) is 75.4 Å². The quantitative estimate of drug-likeness (QED) is 0.353. The Morgan fingerprint density at radius 1 is 0.457 bits per heavy atom. The normalized spacial score (nSPS) is 11.9. The molecule has 5 heterocycles. The van der Waals surface area contributed by atoms with E-state index in [0.29, 0.717) is 5.82 Å². The van der Waals surface area contributed by atoms with Crippen molar-refractivity contribution in [1.82, 2.24) is 29.9 Å². The Labute approximate surface area is 205 Å². The van der Waals surface area contributed by atoms with Gasteiger partial charge < -0.3 is 0 Å². The molecule has 0 unspecified atom stereocenters. The van der Waals surface area contributed by atoms with Crippen molar-refractivity contribution in [3.63, 3.8) is 0 Å². The highest BCUT2D eigenvalue weighted by atomic mass is 14.9. The number of aromatic nitrogens is 6. The number of hydrogen-bond acceptors (Lipinski definition) is 6. The zero-order chi connectivity index (χ0) is 24.3. The molecule has 0 aliphatic rings. The van der Waals surface area contributed by atoms with E-state index in [0.717, 1.165) is 34.2 Å². The summed E-state index contributed by atoms with van der Waals surface area (Å²) >= 11 is 0. The minimum Gasteiger partial charge on any atom is -0.260 e. The van der Waals surface area contributed by atoms with Gasteiger partial charge >= 0.3 is 0 Å². The van der Waals surface area contributed by atoms with Gasteiger partial charge in [0, 0.05) is 24.8 Å². The van der Waals surface area contributed by atoms with Crippen LogP contribution in [0.5, 0.6) is 0 Å². The average molecular weight is 459 g/mol. The van der Waals surface area contributed by atoms with Crippen molar-refractivity contribution < 1.29 is 0 Å². The molecule has 0 aliphatic heterocycles. The number of nitrogens with zero attached hydrogens (tertiary/aromatic N) is 6. The lowest BCUT2D eigenvalue weighted by Crippen LogP contribution is -2.33. The minimum absolute atomic E-state index is 0.661. The van der Waals surface area contributed by atoms with E-state index >= 15 is 0 Å². The molecule has 0 atom stereocenters. The van der Waals surface area contributed by atoms with Crippen LogP contribution in [0.2, 0.25) is 0 Å². The summed E-state index contributed by atoms with van der Waals surface area (Å²) in [5.74, 6) is 0.661. The van der Waals surface area contributed by atoms with Crippen molar-refractivity contribution in [1.29, 1.82) is 0 Å². The predicted octanol–water partition coefficient (Wildman–Crippen LogP) is 5.07. The first-order valence-electron chi connectivity index (χ1n) is 11.6. The molecule has 0 aromatic carbocycles. The molecule has 35 heavy (non-hydrogen) atoms. The number of pyridine rings is 4. The molecule has 0 spiro atoms. The monoisotopic (exact) mass is 458 g/mol. The van der Waals surface area contributed by atoms with Gasteiger partial charge in [-0.15, -0.1) is 0 Å². The summed E-state index contributed by atoms with van der Waals surface area (Å²) in [7, 11) is 0. The van der Waals surface area contributed by atoms with Crippen LogP contribution >= 0.6 is 0 Å². The molecular weight excluding hydrogens is 432 g/mol. The molecule has 5 rings (SSSR count). The Kier molecular flexibility index (Phi) is 5.87. The zero-order valence-corrected chi connectivity index (χ0v) is 20.0. The standard InChI is InChI=1S/C29H26N6/c1-21-34-26(28(2,22-12-4-8-16-30-22)23-13-5-9-17-31-23)20-27(35-21)29(3,24-14-6-10-18-32-24)25-15-7-11-19-33-25/h4-20H,1-3H3. The van der Waals surface area contributed by atoms with Gasteiger partial charge in [-0.1, -0.05) is 24.3 Å². The Morgan fingerprint density at radius 3 is 1.03 bits per heavy atom. The SMILES string of the molecule is Cc1nc(C(C)(c2ccccn2)c2ccccn2)cc(C(C)(c2ccccn2)c2ccccn2)n1. The van der Waals surface area contributed by atoms with E-state index in [1.807, 2.05) is 79.7 Å². The second kappa shape index (κ2) is 9.14. The second-order valence-corrected chi connectivity index (χ2v) is 8.80. The highest BCUT2D eigenvalue weighted by molar-refractivity contribution is 5.46. The van der Waals surface area contributed by atoms with Crippen LogP contribution in [0.4, 0.5) is 0 Å². The lowest BCUT2D eigenvalue weighted by atomic mass is 9.75. The largest absolute Gasteiger partial charge is 0.260 e. The summed E-state index contributed by atoms with van der Waals surface area (Å²) in [4.78, 5) is 28.7. The second-order valence-electron chi connectivity index (χ2n) is 8.80. The van der Waals surface area contributed by atoms with E-state index in [-0.39, 0.29) is 0 Å². The maximum atomic E-state index is 4.93. The van der Waals surface area contributed by atoms with E-state index in [9.17, 15) is 0 Å². The molecule has 0 bridgehead atoms. The molecule has 5 aromatic rings. The van der Waals surface area contributed by atoms with Crippen LogP contribution in [0.15, 0.2) is 104 Å². The number of aryl methyl sites for hydroxylation is 1. The van der Waals surface area contributed by atoms with Crippen molar-refractivity contribution in [2.45, 2.75) is 31.6 Å².